The summed E-state index contributed by atoms with van der Waals surface area (Å²) in [4.78, 5) is 41.9. The van der Waals surface area contributed by atoms with E-state index in [9.17, 15) is 19.5 Å². The summed E-state index contributed by atoms with van der Waals surface area (Å²) in [7, 11) is 0. The number of benzene rings is 2. The first-order chi connectivity index (χ1) is 14.5. The van der Waals surface area contributed by atoms with Crippen LogP contribution < -0.4 is 11.2 Å². The molecule has 1 saturated heterocycles. The number of piperidine rings is 1. The highest BCUT2D eigenvalue weighted by Crippen LogP contribution is 2.31. The van der Waals surface area contributed by atoms with Crippen molar-refractivity contribution in [3.05, 3.63) is 80.5 Å². The molecule has 3 aromatic rings. The van der Waals surface area contributed by atoms with Crippen molar-refractivity contribution >= 4 is 16.8 Å². The van der Waals surface area contributed by atoms with Crippen molar-refractivity contribution in [1.82, 2.24) is 14.5 Å². The summed E-state index contributed by atoms with van der Waals surface area (Å²) in [5.74, 6) is -0.0259. The Kier molecular flexibility index (Phi) is 5.55. The number of hydrogen-bond acceptors (Lipinski definition) is 4. The molecule has 1 unspecified atom stereocenters. The molecule has 2 aromatic carbocycles. The number of hydrogen-bond donors (Lipinski definition) is 2. The van der Waals surface area contributed by atoms with Crippen LogP contribution in [-0.2, 0) is 6.54 Å². The Balaban J connectivity index is 1.50. The number of rotatable bonds is 4. The number of likely N-dealkylation sites (tertiary alicyclic amines) is 1. The highest BCUT2D eigenvalue weighted by Gasteiger charge is 2.28. The average molecular weight is 407 g/mol. The molecule has 1 atom stereocenters. The molecule has 0 spiro atoms. The zero-order chi connectivity index (χ0) is 21.3. The van der Waals surface area contributed by atoms with Crippen molar-refractivity contribution < 1.29 is 9.90 Å². The molecule has 4 rings (SSSR count). The molecule has 0 bridgehead atoms. The van der Waals surface area contributed by atoms with E-state index >= 15 is 0 Å². The number of fused-ring (bicyclic) bond motifs is 1. The lowest BCUT2D eigenvalue weighted by molar-refractivity contribution is 0.0462. The van der Waals surface area contributed by atoms with E-state index in [1.54, 1.807) is 30.0 Å². The minimum Gasteiger partial charge on any atom is -0.388 e. The Labute approximate surface area is 173 Å². The summed E-state index contributed by atoms with van der Waals surface area (Å²) in [6.45, 7) is 3.13. The van der Waals surface area contributed by atoms with Gasteiger partial charge in [0.15, 0.2) is 0 Å². The minimum absolute atomic E-state index is 0.108. The van der Waals surface area contributed by atoms with Gasteiger partial charge in [-0.05, 0) is 49.4 Å². The minimum atomic E-state index is -0.532. The Morgan fingerprint density at radius 2 is 1.83 bits per heavy atom. The third-order valence-corrected chi connectivity index (χ3v) is 5.96. The van der Waals surface area contributed by atoms with E-state index in [2.05, 4.69) is 4.98 Å². The Morgan fingerprint density at radius 3 is 2.50 bits per heavy atom. The first kappa shape index (κ1) is 20.1. The van der Waals surface area contributed by atoms with Crippen molar-refractivity contribution in [2.75, 3.05) is 13.1 Å². The van der Waals surface area contributed by atoms with E-state index in [1.807, 2.05) is 30.3 Å². The molecule has 1 fully saturated rings. The van der Waals surface area contributed by atoms with Crippen LogP contribution in [0.2, 0.25) is 0 Å². The predicted octanol–water partition coefficient (Wildman–Crippen LogP) is 2.30. The largest absolute Gasteiger partial charge is 0.388 e. The van der Waals surface area contributed by atoms with Crippen LogP contribution in [0.25, 0.3) is 10.9 Å². The predicted molar refractivity (Wildman–Crippen MR) is 115 cm³/mol. The topological polar surface area (TPSA) is 95.4 Å². The molecule has 156 valence electrons. The third-order valence-electron chi connectivity index (χ3n) is 5.96. The molecular formula is C23H25N3O4. The maximum absolute atomic E-state index is 13.0. The second kappa shape index (κ2) is 8.28. The Bertz CT molecular complexity index is 1170. The van der Waals surface area contributed by atoms with Crippen molar-refractivity contribution in [3.8, 4) is 0 Å². The van der Waals surface area contributed by atoms with E-state index in [1.165, 1.54) is 0 Å². The third kappa shape index (κ3) is 3.68. The molecule has 2 N–H and O–H groups in total. The smallest absolute Gasteiger partial charge is 0.328 e. The van der Waals surface area contributed by atoms with Gasteiger partial charge < -0.3 is 15.0 Å². The number of aromatic nitrogens is 2. The average Bonchev–Trinajstić information content (AvgIpc) is 2.78. The molecule has 0 radical (unpaired) electrons. The summed E-state index contributed by atoms with van der Waals surface area (Å²) in [6, 6.07) is 14.4. The van der Waals surface area contributed by atoms with Crippen LogP contribution in [0.1, 0.15) is 41.8 Å². The van der Waals surface area contributed by atoms with Crippen LogP contribution in [0.5, 0.6) is 0 Å². The van der Waals surface area contributed by atoms with Gasteiger partial charge in [-0.15, -0.1) is 0 Å². The van der Waals surface area contributed by atoms with Gasteiger partial charge in [-0.1, -0.05) is 30.3 Å². The number of nitrogens with one attached hydrogen (secondary N) is 1. The van der Waals surface area contributed by atoms with Crippen LogP contribution >= 0.6 is 0 Å². The number of amides is 1. The number of aliphatic hydroxyl groups is 1. The number of H-pyrrole nitrogens is 1. The molecule has 1 aliphatic rings. The van der Waals surface area contributed by atoms with Gasteiger partial charge in [0.1, 0.15) is 0 Å². The van der Waals surface area contributed by atoms with Crippen molar-refractivity contribution in [1.29, 1.82) is 0 Å². The van der Waals surface area contributed by atoms with Crippen LogP contribution in [0.4, 0.5) is 0 Å². The SMILES string of the molecule is CCn1c(=O)[nH]c2cc(C(=O)N3CCC(C(O)c4ccccc4)CC3)ccc2c1=O. The van der Waals surface area contributed by atoms with E-state index in [0.717, 1.165) is 10.1 Å². The molecule has 0 aliphatic carbocycles. The Hall–Kier alpha value is -3.19. The van der Waals surface area contributed by atoms with Gasteiger partial charge in [-0.2, -0.15) is 0 Å². The van der Waals surface area contributed by atoms with E-state index in [0.29, 0.717) is 42.4 Å². The fraction of sp³-hybridized carbons (Fsp3) is 0.348. The highest BCUT2D eigenvalue weighted by atomic mass is 16.3. The van der Waals surface area contributed by atoms with Gasteiger partial charge in [0.05, 0.1) is 17.0 Å². The summed E-state index contributed by atoms with van der Waals surface area (Å²) < 4.78 is 1.13. The first-order valence-corrected chi connectivity index (χ1v) is 10.3. The maximum atomic E-state index is 13.0. The quantitative estimate of drug-likeness (QED) is 0.694. The number of carbonyl (C=O) groups excluding carboxylic acids is 1. The lowest BCUT2D eigenvalue weighted by Gasteiger charge is -2.34. The normalized spacial score (nSPS) is 16.0. The lowest BCUT2D eigenvalue weighted by atomic mass is 9.87. The molecule has 1 amide bonds. The van der Waals surface area contributed by atoms with Gasteiger partial charge in [0.25, 0.3) is 11.5 Å². The molecule has 30 heavy (non-hydrogen) atoms. The molecule has 1 aromatic heterocycles. The van der Waals surface area contributed by atoms with Crippen LogP contribution in [0.3, 0.4) is 0 Å². The summed E-state index contributed by atoms with van der Waals surface area (Å²) in [5.41, 5.74) is 0.878. The maximum Gasteiger partial charge on any atom is 0.328 e. The summed E-state index contributed by atoms with van der Waals surface area (Å²) in [5, 5.41) is 11.0. The second-order valence-electron chi connectivity index (χ2n) is 7.73. The van der Waals surface area contributed by atoms with E-state index in [4.69, 9.17) is 0 Å². The zero-order valence-electron chi connectivity index (χ0n) is 16.9. The Morgan fingerprint density at radius 1 is 1.13 bits per heavy atom. The van der Waals surface area contributed by atoms with Gasteiger partial charge in [-0.3, -0.25) is 14.2 Å². The van der Waals surface area contributed by atoms with Crippen LogP contribution in [-0.4, -0.2) is 38.6 Å². The number of aliphatic hydroxyl groups excluding tert-OH is 1. The zero-order valence-corrected chi connectivity index (χ0v) is 16.9. The fourth-order valence-corrected chi connectivity index (χ4v) is 4.20. The molecular weight excluding hydrogens is 382 g/mol. The fourth-order valence-electron chi connectivity index (χ4n) is 4.20. The van der Waals surface area contributed by atoms with Crippen LogP contribution in [0.15, 0.2) is 58.1 Å². The second-order valence-corrected chi connectivity index (χ2v) is 7.73. The van der Waals surface area contributed by atoms with Gasteiger partial charge in [0, 0.05) is 25.2 Å². The summed E-state index contributed by atoms with van der Waals surface area (Å²) in [6.07, 6.45) is 0.899. The molecule has 2 heterocycles. The molecule has 7 nitrogen and oxygen atoms in total. The van der Waals surface area contributed by atoms with Crippen LogP contribution in [0, 0.1) is 5.92 Å². The molecule has 0 saturated carbocycles. The summed E-state index contributed by atoms with van der Waals surface area (Å²) >= 11 is 0. The first-order valence-electron chi connectivity index (χ1n) is 10.3. The number of aromatic amines is 1. The van der Waals surface area contributed by atoms with Crippen molar-refractivity contribution in [2.24, 2.45) is 5.92 Å². The van der Waals surface area contributed by atoms with Crippen molar-refractivity contribution in [3.63, 3.8) is 0 Å². The van der Waals surface area contributed by atoms with Gasteiger partial charge >= 0.3 is 5.69 Å². The molecule has 1 aliphatic heterocycles. The molecule has 7 heteroatoms. The van der Waals surface area contributed by atoms with Crippen molar-refractivity contribution in [2.45, 2.75) is 32.4 Å². The highest BCUT2D eigenvalue weighted by molar-refractivity contribution is 5.97. The van der Waals surface area contributed by atoms with Gasteiger partial charge in [-0.25, -0.2) is 4.79 Å². The standard InChI is InChI=1S/C23H25N3O4/c1-2-26-22(29)18-9-8-17(14-19(18)24-23(26)30)21(28)25-12-10-16(11-13-25)20(27)15-6-4-3-5-7-15/h3-9,14,16,20,27H,2,10-13H2,1H3,(H,24,30). The van der Waals surface area contributed by atoms with E-state index < -0.39 is 11.8 Å². The number of carbonyl (C=O) groups is 1. The monoisotopic (exact) mass is 407 g/mol. The van der Waals surface area contributed by atoms with Gasteiger partial charge in [0.2, 0.25) is 0 Å². The lowest BCUT2D eigenvalue weighted by Crippen LogP contribution is -2.40. The number of nitrogens with zero attached hydrogens (tertiary/aromatic N) is 2. The van der Waals surface area contributed by atoms with E-state index in [-0.39, 0.29) is 23.9 Å².